The highest BCUT2D eigenvalue weighted by Crippen LogP contribution is 2.06. The molecule has 0 radical (unpaired) electrons. The lowest BCUT2D eigenvalue weighted by Crippen LogP contribution is -2.53. The first kappa shape index (κ1) is 15.5. The van der Waals surface area contributed by atoms with Crippen molar-refractivity contribution in [2.75, 3.05) is 45.2 Å². The SMILES string of the molecule is CCOC(=O)NS(=O)(=O)N1CCN(CCCl)CC1. The van der Waals surface area contributed by atoms with Crippen LogP contribution < -0.4 is 4.72 Å². The number of amides is 1. The number of hydrogen-bond acceptors (Lipinski definition) is 5. The van der Waals surface area contributed by atoms with Gasteiger partial charge in [0.1, 0.15) is 0 Å². The Morgan fingerprint density at radius 3 is 2.44 bits per heavy atom. The lowest BCUT2D eigenvalue weighted by Gasteiger charge is -2.33. The number of halogens is 1. The third kappa shape index (κ3) is 4.60. The summed E-state index contributed by atoms with van der Waals surface area (Å²) in [4.78, 5) is 13.2. The average Bonchev–Trinajstić information content (AvgIpc) is 2.29. The molecule has 7 nitrogen and oxygen atoms in total. The van der Waals surface area contributed by atoms with Crippen LogP contribution in [0.4, 0.5) is 4.79 Å². The van der Waals surface area contributed by atoms with Gasteiger partial charge in [-0.1, -0.05) is 0 Å². The topological polar surface area (TPSA) is 78.9 Å². The first-order valence-electron chi connectivity index (χ1n) is 5.72. The quantitative estimate of drug-likeness (QED) is 0.713. The number of rotatable bonds is 5. The largest absolute Gasteiger partial charge is 0.449 e. The Balaban J connectivity index is 2.47. The van der Waals surface area contributed by atoms with Crippen molar-refractivity contribution in [2.24, 2.45) is 0 Å². The Morgan fingerprint density at radius 2 is 1.94 bits per heavy atom. The summed E-state index contributed by atoms with van der Waals surface area (Å²) in [6.07, 6.45) is -0.944. The second-order valence-corrected chi connectivity index (χ2v) is 5.81. The molecule has 0 aromatic heterocycles. The van der Waals surface area contributed by atoms with E-state index in [2.05, 4.69) is 9.64 Å². The number of piperazine rings is 1. The number of carbonyl (C=O) groups is 1. The van der Waals surface area contributed by atoms with Crippen LogP contribution in [0.25, 0.3) is 0 Å². The molecule has 0 unspecified atom stereocenters. The monoisotopic (exact) mass is 299 g/mol. The van der Waals surface area contributed by atoms with Gasteiger partial charge in [-0.25, -0.2) is 9.52 Å². The third-order valence-corrected chi connectivity index (χ3v) is 4.20. The summed E-state index contributed by atoms with van der Waals surface area (Å²) in [6, 6.07) is 0. The molecule has 1 amide bonds. The number of nitrogens with zero attached hydrogens (tertiary/aromatic N) is 2. The highest BCUT2D eigenvalue weighted by atomic mass is 35.5. The normalized spacial score (nSPS) is 18.6. The fourth-order valence-corrected chi connectivity index (χ4v) is 2.93. The maximum absolute atomic E-state index is 11.8. The second kappa shape index (κ2) is 7.13. The van der Waals surface area contributed by atoms with Crippen LogP contribution >= 0.6 is 11.6 Å². The van der Waals surface area contributed by atoms with Crippen LogP contribution in [-0.2, 0) is 14.9 Å². The fraction of sp³-hybridized carbons (Fsp3) is 0.889. The van der Waals surface area contributed by atoms with Gasteiger partial charge < -0.3 is 4.74 Å². The second-order valence-electron chi connectivity index (χ2n) is 3.76. The fourth-order valence-electron chi connectivity index (χ4n) is 1.64. The van der Waals surface area contributed by atoms with E-state index >= 15 is 0 Å². The molecule has 0 aromatic rings. The molecule has 0 spiro atoms. The predicted molar refractivity (Wildman–Crippen MR) is 67.8 cm³/mol. The molecule has 0 bridgehead atoms. The van der Waals surface area contributed by atoms with Crippen LogP contribution in [-0.4, -0.2) is 68.9 Å². The van der Waals surface area contributed by atoms with Gasteiger partial charge in [0.2, 0.25) is 0 Å². The van der Waals surface area contributed by atoms with Gasteiger partial charge in [-0.05, 0) is 6.92 Å². The van der Waals surface area contributed by atoms with Gasteiger partial charge in [0.05, 0.1) is 6.61 Å². The molecular formula is C9H18ClN3O4S. The minimum Gasteiger partial charge on any atom is -0.449 e. The highest BCUT2D eigenvalue weighted by molar-refractivity contribution is 7.87. The van der Waals surface area contributed by atoms with E-state index in [0.717, 1.165) is 6.54 Å². The first-order chi connectivity index (χ1) is 8.49. The zero-order valence-corrected chi connectivity index (χ0v) is 11.8. The Morgan fingerprint density at radius 1 is 1.33 bits per heavy atom. The standard InChI is InChI=1S/C9H18ClN3O4S/c1-2-17-9(14)11-18(15,16)13-7-5-12(4-3-10)6-8-13/h2-8H2,1H3,(H,11,14). The Labute approximate surface area is 112 Å². The molecule has 1 saturated heterocycles. The van der Waals surface area contributed by atoms with E-state index in [1.807, 2.05) is 4.72 Å². The Bertz CT molecular complexity index is 368. The van der Waals surface area contributed by atoms with Crippen LogP contribution in [0.3, 0.4) is 0 Å². The van der Waals surface area contributed by atoms with Gasteiger partial charge in [-0.2, -0.15) is 12.7 Å². The molecule has 1 N–H and O–H groups in total. The molecule has 1 fully saturated rings. The molecule has 9 heteroatoms. The van der Waals surface area contributed by atoms with E-state index in [-0.39, 0.29) is 6.61 Å². The van der Waals surface area contributed by atoms with Gasteiger partial charge in [0, 0.05) is 38.6 Å². The van der Waals surface area contributed by atoms with Gasteiger partial charge >= 0.3 is 16.3 Å². The summed E-state index contributed by atoms with van der Waals surface area (Å²) in [5.41, 5.74) is 0. The maximum atomic E-state index is 11.8. The number of alkyl halides is 1. The van der Waals surface area contributed by atoms with E-state index in [1.54, 1.807) is 6.92 Å². The summed E-state index contributed by atoms with van der Waals surface area (Å²) in [5.74, 6) is 0.522. The van der Waals surface area contributed by atoms with Crippen molar-refractivity contribution in [2.45, 2.75) is 6.92 Å². The zero-order valence-electron chi connectivity index (χ0n) is 10.3. The molecule has 18 heavy (non-hydrogen) atoms. The molecule has 1 rings (SSSR count). The molecule has 0 aromatic carbocycles. The van der Waals surface area contributed by atoms with E-state index in [0.29, 0.717) is 32.1 Å². The van der Waals surface area contributed by atoms with Crippen LogP contribution in [0, 0.1) is 0 Å². The van der Waals surface area contributed by atoms with Gasteiger partial charge in [-0.3, -0.25) is 4.90 Å². The van der Waals surface area contributed by atoms with Crippen LogP contribution in [0.5, 0.6) is 0 Å². The molecule has 1 aliphatic rings. The summed E-state index contributed by atoms with van der Waals surface area (Å²) < 4.78 is 31.3. The molecule has 0 atom stereocenters. The van der Waals surface area contributed by atoms with E-state index in [1.165, 1.54) is 4.31 Å². The van der Waals surface area contributed by atoms with Crippen LogP contribution in [0.15, 0.2) is 0 Å². The Hall–Kier alpha value is -0.570. The van der Waals surface area contributed by atoms with Crippen molar-refractivity contribution < 1.29 is 17.9 Å². The minimum atomic E-state index is -3.79. The smallest absolute Gasteiger partial charge is 0.421 e. The highest BCUT2D eigenvalue weighted by Gasteiger charge is 2.28. The summed E-state index contributed by atoms with van der Waals surface area (Å²) in [6.45, 7) is 4.37. The zero-order chi connectivity index (χ0) is 13.6. The first-order valence-corrected chi connectivity index (χ1v) is 7.70. The molecule has 1 heterocycles. The minimum absolute atomic E-state index is 0.130. The maximum Gasteiger partial charge on any atom is 0.421 e. The number of carbonyl (C=O) groups excluding carboxylic acids is 1. The van der Waals surface area contributed by atoms with Crippen molar-refractivity contribution in [1.29, 1.82) is 0 Å². The van der Waals surface area contributed by atoms with Crippen molar-refractivity contribution >= 4 is 27.9 Å². The Kier molecular flexibility index (Phi) is 6.13. The van der Waals surface area contributed by atoms with Gasteiger partial charge in [0.25, 0.3) is 0 Å². The van der Waals surface area contributed by atoms with Crippen molar-refractivity contribution in [3.8, 4) is 0 Å². The molecular weight excluding hydrogens is 282 g/mol. The van der Waals surface area contributed by atoms with Crippen molar-refractivity contribution in [3.05, 3.63) is 0 Å². The molecule has 106 valence electrons. The number of ether oxygens (including phenoxy) is 1. The number of hydrogen-bond donors (Lipinski definition) is 1. The summed E-state index contributed by atoms with van der Waals surface area (Å²) in [7, 11) is -3.79. The molecule has 1 aliphatic heterocycles. The summed E-state index contributed by atoms with van der Waals surface area (Å²) >= 11 is 5.62. The van der Waals surface area contributed by atoms with E-state index in [4.69, 9.17) is 11.6 Å². The average molecular weight is 300 g/mol. The third-order valence-electron chi connectivity index (χ3n) is 2.56. The van der Waals surface area contributed by atoms with Crippen molar-refractivity contribution in [3.63, 3.8) is 0 Å². The summed E-state index contributed by atoms with van der Waals surface area (Å²) in [5, 5.41) is 0. The van der Waals surface area contributed by atoms with Gasteiger partial charge in [0.15, 0.2) is 0 Å². The number of nitrogens with one attached hydrogen (secondary N) is 1. The van der Waals surface area contributed by atoms with E-state index < -0.39 is 16.3 Å². The lowest BCUT2D eigenvalue weighted by atomic mass is 10.4. The van der Waals surface area contributed by atoms with Crippen LogP contribution in [0.2, 0.25) is 0 Å². The van der Waals surface area contributed by atoms with Gasteiger partial charge in [-0.15, -0.1) is 11.6 Å². The molecule has 0 saturated carbocycles. The van der Waals surface area contributed by atoms with E-state index in [9.17, 15) is 13.2 Å². The molecule has 0 aliphatic carbocycles. The van der Waals surface area contributed by atoms with Crippen LogP contribution in [0.1, 0.15) is 6.92 Å². The van der Waals surface area contributed by atoms with Crippen molar-refractivity contribution in [1.82, 2.24) is 13.9 Å². The predicted octanol–water partition coefficient (Wildman–Crippen LogP) is -0.166. The lowest BCUT2D eigenvalue weighted by molar-refractivity contribution is 0.156.